The summed E-state index contributed by atoms with van der Waals surface area (Å²) in [4.78, 5) is 12.0. The molecule has 2 aromatic rings. The summed E-state index contributed by atoms with van der Waals surface area (Å²) in [6, 6.07) is 12.7. The minimum atomic E-state index is -0.354. The van der Waals surface area contributed by atoms with Gasteiger partial charge in [0.1, 0.15) is 0 Å². The molecule has 0 aliphatic rings. The molecule has 0 amide bonds. The van der Waals surface area contributed by atoms with Gasteiger partial charge in [0, 0.05) is 12.5 Å². The van der Waals surface area contributed by atoms with Crippen LogP contribution in [0.3, 0.4) is 0 Å². The van der Waals surface area contributed by atoms with E-state index in [4.69, 9.17) is 9.47 Å². The Morgan fingerprint density at radius 2 is 1.85 bits per heavy atom. The highest BCUT2D eigenvalue weighted by Gasteiger charge is 2.10. The van der Waals surface area contributed by atoms with Gasteiger partial charge >= 0.3 is 0 Å². The van der Waals surface area contributed by atoms with E-state index < -0.39 is 0 Å². The number of nitro groups is 1. The van der Waals surface area contributed by atoms with E-state index >= 15 is 0 Å². The smallest absolute Gasteiger partial charge is 0.276 e. The molecule has 0 heterocycles. The molecule has 6 nitrogen and oxygen atoms in total. The number of benzene rings is 2. The maximum Gasteiger partial charge on any atom is 0.276 e. The number of methoxy groups -OCH3 is 2. The Kier molecular flexibility index (Phi) is 7.17. The Hall–Kier alpha value is -2.86. The lowest BCUT2D eigenvalue weighted by Gasteiger charge is -2.13. The molecule has 0 saturated heterocycles. The normalized spacial score (nSPS) is 12.1. The highest BCUT2D eigenvalue weighted by Crippen LogP contribution is 2.27. The molecule has 0 aliphatic carbocycles. The molecule has 6 heteroatoms. The first kappa shape index (κ1) is 19.5. The summed E-state index contributed by atoms with van der Waals surface area (Å²) >= 11 is 0. The van der Waals surface area contributed by atoms with Crippen molar-refractivity contribution in [2.75, 3.05) is 34.4 Å². The predicted molar refractivity (Wildman–Crippen MR) is 102 cm³/mol. The third-order valence-corrected chi connectivity index (χ3v) is 4.19. The van der Waals surface area contributed by atoms with Crippen LogP contribution in [-0.2, 0) is 6.42 Å². The van der Waals surface area contributed by atoms with Crippen molar-refractivity contribution in [3.8, 4) is 11.5 Å². The highest BCUT2D eigenvalue weighted by molar-refractivity contribution is 5.60. The van der Waals surface area contributed by atoms with Crippen LogP contribution in [0.5, 0.6) is 11.5 Å². The zero-order valence-electron chi connectivity index (χ0n) is 15.4. The Balaban J connectivity index is 1.90. The standard InChI is InChI=1S/C20H24N2O4/c1-21(13-6-8-17-7-4-5-9-18(17)22(23)24)14-12-16-10-11-19(25-2)20(15-16)26-3/h4-11,15H,12-14H2,1-3H3/p+1/b8-6+. The van der Waals surface area contributed by atoms with Gasteiger partial charge in [-0.1, -0.05) is 18.2 Å². The summed E-state index contributed by atoms with van der Waals surface area (Å²) in [5, 5.41) is 11.0. The third kappa shape index (κ3) is 5.32. The van der Waals surface area contributed by atoms with Crippen LogP contribution < -0.4 is 14.4 Å². The Morgan fingerprint density at radius 3 is 2.54 bits per heavy atom. The molecular formula is C20H25N2O4+. The molecular weight excluding hydrogens is 332 g/mol. The van der Waals surface area contributed by atoms with Crippen LogP contribution in [0, 0.1) is 10.1 Å². The molecule has 0 radical (unpaired) electrons. The number of quaternary nitrogens is 1. The van der Waals surface area contributed by atoms with E-state index in [1.807, 2.05) is 30.4 Å². The van der Waals surface area contributed by atoms with Crippen molar-refractivity contribution in [2.45, 2.75) is 6.42 Å². The monoisotopic (exact) mass is 357 g/mol. The summed E-state index contributed by atoms with van der Waals surface area (Å²) in [7, 11) is 5.36. The molecule has 1 unspecified atom stereocenters. The molecule has 1 N–H and O–H groups in total. The number of ether oxygens (including phenoxy) is 2. The first-order valence-electron chi connectivity index (χ1n) is 8.47. The van der Waals surface area contributed by atoms with Crippen LogP contribution in [0.25, 0.3) is 6.08 Å². The highest BCUT2D eigenvalue weighted by atomic mass is 16.6. The number of para-hydroxylation sites is 1. The molecule has 26 heavy (non-hydrogen) atoms. The topological polar surface area (TPSA) is 66.0 Å². The number of rotatable bonds is 9. The van der Waals surface area contributed by atoms with E-state index in [9.17, 15) is 10.1 Å². The van der Waals surface area contributed by atoms with Gasteiger partial charge in [0.25, 0.3) is 5.69 Å². The fraction of sp³-hybridized carbons (Fsp3) is 0.300. The van der Waals surface area contributed by atoms with E-state index in [1.165, 1.54) is 16.5 Å². The summed E-state index contributed by atoms with van der Waals surface area (Å²) in [5.74, 6) is 1.46. The van der Waals surface area contributed by atoms with Gasteiger partial charge in [-0.15, -0.1) is 0 Å². The quantitative estimate of drug-likeness (QED) is 0.553. The zero-order valence-corrected chi connectivity index (χ0v) is 15.4. The van der Waals surface area contributed by atoms with Gasteiger partial charge in [0.2, 0.25) is 0 Å². The first-order chi connectivity index (χ1) is 12.5. The number of likely N-dealkylation sites (N-methyl/N-ethyl adjacent to an activating group) is 1. The number of hydrogen-bond donors (Lipinski definition) is 1. The van der Waals surface area contributed by atoms with Crippen molar-refractivity contribution in [1.82, 2.24) is 0 Å². The molecule has 0 aromatic heterocycles. The van der Waals surface area contributed by atoms with Crippen molar-refractivity contribution in [3.63, 3.8) is 0 Å². The summed E-state index contributed by atoms with van der Waals surface area (Å²) in [6.07, 6.45) is 4.70. The summed E-state index contributed by atoms with van der Waals surface area (Å²) in [5.41, 5.74) is 1.95. The van der Waals surface area contributed by atoms with Gasteiger partial charge in [-0.2, -0.15) is 0 Å². The molecule has 0 fully saturated rings. The van der Waals surface area contributed by atoms with Crippen molar-refractivity contribution >= 4 is 11.8 Å². The molecule has 1 atom stereocenters. The van der Waals surface area contributed by atoms with E-state index in [-0.39, 0.29) is 10.6 Å². The van der Waals surface area contributed by atoms with Crippen LogP contribution >= 0.6 is 0 Å². The molecule has 0 saturated carbocycles. The second-order valence-electron chi connectivity index (χ2n) is 6.07. The second-order valence-corrected chi connectivity index (χ2v) is 6.07. The van der Waals surface area contributed by atoms with Crippen LogP contribution in [0.15, 0.2) is 48.5 Å². The van der Waals surface area contributed by atoms with Crippen molar-refractivity contribution in [2.24, 2.45) is 0 Å². The van der Waals surface area contributed by atoms with Crippen LogP contribution in [0.1, 0.15) is 11.1 Å². The largest absolute Gasteiger partial charge is 0.493 e. The molecule has 2 aromatic carbocycles. The third-order valence-electron chi connectivity index (χ3n) is 4.19. The van der Waals surface area contributed by atoms with E-state index in [1.54, 1.807) is 32.4 Å². The van der Waals surface area contributed by atoms with Gasteiger partial charge in [-0.05, 0) is 35.9 Å². The van der Waals surface area contributed by atoms with Crippen molar-refractivity contribution in [3.05, 3.63) is 69.8 Å². The number of nitrogens with zero attached hydrogens (tertiary/aromatic N) is 1. The average Bonchev–Trinajstić information content (AvgIpc) is 2.66. The van der Waals surface area contributed by atoms with Crippen molar-refractivity contribution in [1.29, 1.82) is 0 Å². The Bertz CT molecular complexity index is 774. The molecule has 138 valence electrons. The second kappa shape index (κ2) is 9.58. The number of nitrogens with one attached hydrogen (secondary N) is 1. The molecule has 0 bridgehead atoms. The number of nitro benzene ring substituents is 1. The average molecular weight is 357 g/mol. The van der Waals surface area contributed by atoms with Gasteiger partial charge in [-0.3, -0.25) is 10.1 Å². The predicted octanol–water partition coefficient (Wildman–Crippen LogP) is 2.38. The van der Waals surface area contributed by atoms with Crippen LogP contribution in [0.4, 0.5) is 5.69 Å². The fourth-order valence-corrected chi connectivity index (χ4v) is 2.68. The maximum atomic E-state index is 11.0. The molecule has 0 spiro atoms. The number of hydrogen-bond acceptors (Lipinski definition) is 4. The van der Waals surface area contributed by atoms with E-state index in [0.717, 1.165) is 31.0 Å². The van der Waals surface area contributed by atoms with Gasteiger partial charge < -0.3 is 14.4 Å². The zero-order chi connectivity index (χ0) is 18.9. The van der Waals surface area contributed by atoms with E-state index in [0.29, 0.717) is 5.56 Å². The van der Waals surface area contributed by atoms with E-state index in [2.05, 4.69) is 7.05 Å². The van der Waals surface area contributed by atoms with Gasteiger partial charge in [0.05, 0.1) is 44.8 Å². The van der Waals surface area contributed by atoms with Crippen LogP contribution in [0.2, 0.25) is 0 Å². The van der Waals surface area contributed by atoms with Crippen LogP contribution in [-0.4, -0.2) is 39.3 Å². The Morgan fingerprint density at radius 1 is 1.12 bits per heavy atom. The van der Waals surface area contributed by atoms with Crippen molar-refractivity contribution < 1.29 is 19.3 Å². The summed E-state index contributed by atoms with van der Waals surface area (Å²) in [6.45, 7) is 1.73. The minimum absolute atomic E-state index is 0.131. The molecule has 2 rings (SSSR count). The SMILES string of the molecule is COc1ccc(CC[NH+](C)C/C=C/c2ccccc2[N+](=O)[O-])cc1OC. The first-order valence-corrected chi connectivity index (χ1v) is 8.47. The lowest BCUT2D eigenvalue weighted by molar-refractivity contribution is -0.873. The van der Waals surface area contributed by atoms with Gasteiger partial charge in [0.15, 0.2) is 11.5 Å². The fourth-order valence-electron chi connectivity index (χ4n) is 2.68. The maximum absolute atomic E-state index is 11.0. The molecule has 0 aliphatic heterocycles. The summed E-state index contributed by atoms with van der Waals surface area (Å²) < 4.78 is 10.6. The lowest BCUT2D eigenvalue weighted by atomic mass is 10.1. The minimum Gasteiger partial charge on any atom is -0.493 e. The Labute approximate surface area is 153 Å². The lowest BCUT2D eigenvalue weighted by Crippen LogP contribution is -3.09. The van der Waals surface area contributed by atoms with Gasteiger partial charge in [-0.25, -0.2) is 0 Å².